The zero-order valence-corrected chi connectivity index (χ0v) is 10.7. The number of nitrogens with zero attached hydrogens (tertiary/aromatic N) is 4. The summed E-state index contributed by atoms with van der Waals surface area (Å²) in [6, 6.07) is 4.02. The molecular weight excluding hydrogens is 236 g/mol. The van der Waals surface area contributed by atoms with E-state index in [-0.39, 0.29) is 5.25 Å². The van der Waals surface area contributed by atoms with Crippen molar-refractivity contribution >= 4 is 11.8 Å². The highest BCUT2D eigenvalue weighted by Gasteiger charge is 2.16. The molecule has 0 unspecified atom stereocenters. The zero-order valence-electron chi connectivity index (χ0n) is 9.84. The van der Waals surface area contributed by atoms with Gasteiger partial charge in [-0.1, -0.05) is 11.8 Å². The number of furan rings is 1. The second-order valence-corrected chi connectivity index (χ2v) is 4.95. The van der Waals surface area contributed by atoms with E-state index >= 15 is 0 Å². The molecule has 0 amide bonds. The lowest BCUT2D eigenvalue weighted by Gasteiger charge is -2.03. The molecule has 0 bridgehead atoms. The standard InChI is InChI=1S/C11H12N4OS/c1-7(6-12)17-11-14-13-10(15(11)3)9-4-5-16-8(9)2/h4-5,7H,1-3H3/t7-/m1/s1. The first kappa shape index (κ1) is 11.7. The van der Waals surface area contributed by atoms with Gasteiger partial charge in [-0.25, -0.2) is 0 Å². The number of hydrogen-bond acceptors (Lipinski definition) is 5. The van der Waals surface area contributed by atoms with Crippen LogP contribution >= 0.6 is 11.8 Å². The number of hydrogen-bond donors (Lipinski definition) is 0. The third kappa shape index (κ3) is 2.19. The van der Waals surface area contributed by atoms with Crippen LogP contribution in [0.1, 0.15) is 12.7 Å². The van der Waals surface area contributed by atoms with E-state index in [2.05, 4.69) is 16.3 Å². The van der Waals surface area contributed by atoms with Crippen LogP contribution in [0.5, 0.6) is 0 Å². The summed E-state index contributed by atoms with van der Waals surface area (Å²) in [5.41, 5.74) is 0.927. The van der Waals surface area contributed by atoms with Gasteiger partial charge in [0, 0.05) is 7.05 Å². The van der Waals surface area contributed by atoms with Crippen LogP contribution in [-0.4, -0.2) is 20.0 Å². The van der Waals surface area contributed by atoms with Crippen LogP contribution < -0.4 is 0 Å². The summed E-state index contributed by atoms with van der Waals surface area (Å²) in [5, 5.41) is 17.6. The normalized spacial score (nSPS) is 12.4. The van der Waals surface area contributed by atoms with Crippen LogP contribution in [0.15, 0.2) is 21.9 Å². The van der Waals surface area contributed by atoms with Gasteiger partial charge in [0.05, 0.1) is 23.1 Å². The van der Waals surface area contributed by atoms with Gasteiger partial charge in [0.2, 0.25) is 0 Å². The van der Waals surface area contributed by atoms with Crippen LogP contribution in [0, 0.1) is 18.3 Å². The number of nitriles is 1. The molecule has 0 aliphatic heterocycles. The minimum Gasteiger partial charge on any atom is -0.469 e. The molecule has 0 aliphatic carbocycles. The zero-order chi connectivity index (χ0) is 12.4. The van der Waals surface area contributed by atoms with Gasteiger partial charge in [-0.15, -0.1) is 10.2 Å². The molecule has 5 nitrogen and oxygen atoms in total. The smallest absolute Gasteiger partial charge is 0.192 e. The molecule has 2 rings (SSSR count). The molecule has 0 aliphatic rings. The van der Waals surface area contributed by atoms with Crippen molar-refractivity contribution in [3.63, 3.8) is 0 Å². The topological polar surface area (TPSA) is 67.6 Å². The summed E-state index contributed by atoms with van der Waals surface area (Å²) in [7, 11) is 1.88. The van der Waals surface area contributed by atoms with Gasteiger partial charge >= 0.3 is 0 Å². The Morgan fingerprint density at radius 3 is 2.88 bits per heavy atom. The average molecular weight is 248 g/mol. The van der Waals surface area contributed by atoms with Gasteiger partial charge in [-0.3, -0.25) is 0 Å². The van der Waals surface area contributed by atoms with Crippen molar-refractivity contribution in [1.82, 2.24) is 14.8 Å². The van der Waals surface area contributed by atoms with E-state index in [9.17, 15) is 0 Å². The Bertz CT molecular complexity index is 566. The van der Waals surface area contributed by atoms with Crippen LogP contribution in [0.2, 0.25) is 0 Å². The molecule has 0 aromatic carbocycles. The Balaban J connectivity index is 2.34. The predicted molar refractivity (Wildman–Crippen MR) is 64.4 cm³/mol. The Kier molecular flexibility index (Phi) is 3.20. The SMILES string of the molecule is Cc1occc1-c1nnc(S[C@H](C)C#N)n1C. The highest BCUT2D eigenvalue weighted by molar-refractivity contribution is 8.00. The number of rotatable bonds is 3. The largest absolute Gasteiger partial charge is 0.469 e. The van der Waals surface area contributed by atoms with E-state index in [4.69, 9.17) is 9.68 Å². The minimum absolute atomic E-state index is 0.142. The molecule has 0 N–H and O–H groups in total. The van der Waals surface area contributed by atoms with Crippen molar-refractivity contribution in [3.8, 4) is 17.5 Å². The lowest BCUT2D eigenvalue weighted by Crippen LogP contribution is -1.98. The molecule has 2 aromatic heterocycles. The maximum Gasteiger partial charge on any atom is 0.192 e. The molecule has 0 fully saturated rings. The Hall–Kier alpha value is -1.74. The maximum absolute atomic E-state index is 8.78. The molecule has 6 heteroatoms. The summed E-state index contributed by atoms with van der Waals surface area (Å²) in [5.74, 6) is 1.56. The third-order valence-electron chi connectivity index (χ3n) is 2.40. The second kappa shape index (κ2) is 4.63. The van der Waals surface area contributed by atoms with Gasteiger partial charge in [0.25, 0.3) is 0 Å². The number of aryl methyl sites for hydroxylation is 1. The van der Waals surface area contributed by atoms with Crippen molar-refractivity contribution in [2.75, 3.05) is 0 Å². The van der Waals surface area contributed by atoms with Crippen LogP contribution in [0.3, 0.4) is 0 Å². The monoisotopic (exact) mass is 248 g/mol. The summed E-state index contributed by atoms with van der Waals surface area (Å²) in [4.78, 5) is 0. The first-order valence-electron chi connectivity index (χ1n) is 5.13. The molecule has 1 atom stereocenters. The highest BCUT2D eigenvalue weighted by Crippen LogP contribution is 2.27. The van der Waals surface area contributed by atoms with Crippen LogP contribution in [0.4, 0.5) is 0 Å². The fourth-order valence-electron chi connectivity index (χ4n) is 1.45. The average Bonchev–Trinajstić information content (AvgIpc) is 2.87. The van der Waals surface area contributed by atoms with Gasteiger partial charge < -0.3 is 8.98 Å². The molecule has 2 aromatic rings. The quantitative estimate of drug-likeness (QED) is 0.780. The number of aromatic nitrogens is 3. The van der Waals surface area contributed by atoms with Gasteiger partial charge in [0.1, 0.15) is 5.76 Å². The van der Waals surface area contributed by atoms with Crippen molar-refractivity contribution in [2.45, 2.75) is 24.3 Å². The summed E-state index contributed by atoms with van der Waals surface area (Å²) >= 11 is 1.39. The number of thioether (sulfide) groups is 1. The molecule has 88 valence electrons. The van der Waals surface area contributed by atoms with Crippen molar-refractivity contribution in [3.05, 3.63) is 18.1 Å². The highest BCUT2D eigenvalue weighted by atomic mass is 32.2. The molecule has 0 spiro atoms. The fraction of sp³-hybridized carbons (Fsp3) is 0.364. The fourth-order valence-corrected chi connectivity index (χ4v) is 2.15. The van der Waals surface area contributed by atoms with Crippen LogP contribution in [-0.2, 0) is 7.05 Å². The third-order valence-corrected chi connectivity index (χ3v) is 3.42. The van der Waals surface area contributed by atoms with Crippen molar-refractivity contribution in [2.24, 2.45) is 7.05 Å². The molecule has 0 saturated carbocycles. The Morgan fingerprint density at radius 1 is 1.53 bits per heavy atom. The van der Waals surface area contributed by atoms with Gasteiger partial charge in [-0.05, 0) is 19.9 Å². The van der Waals surface area contributed by atoms with E-state index in [0.717, 1.165) is 22.3 Å². The molecule has 2 heterocycles. The lowest BCUT2D eigenvalue weighted by molar-refractivity contribution is 0.534. The molecule has 17 heavy (non-hydrogen) atoms. The van der Waals surface area contributed by atoms with E-state index in [1.54, 1.807) is 6.26 Å². The van der Waals surface area contributed by atoms with E-state index in [1.807, 2.05) is 31.5 Å². The first-order valence-corrected chi connectivity index (χ1v) is 6.01. The minimum atomic E-state index is -0.142. The second-order valence-electron chi connectivity index (χ2n) is 3.64. The van der Waals surface area contributed by atoms with E-state index in [0.29, 0.717) is 0 Å². The summed E-state index contributed by atoms with van der Waals surface area (Å²) < 4.78 is 7.12. The molecular formula is C11H12N4OS. The Labute approximate surface area is 103 Å². The predicted octanol–water partition coefficient (Wildman–Crippen LogP) is 2.39. The summed E-state index contributed by atoms with van der Waals surface area (Å²) in [6.07, 6.45) is 1.63. The van der Waals surface area contributed by atoms with E-state index in [1.165, 1.54) is 11.8 Å². The lowest BCUT2D eigenvalue weighted by atomic mass is 10.2. The van der Waals surface area contributed by atoms with Crippen molar-refractivity contribution < 1.29 is 4.42 Å². The van der Waals surface area contributed by atoms with Gasteiger partial charge in [-0.2, -0.15) is 5.26 Å². The van der Waals surface area contributed by atoms with Gasteiger partial charge in [0.15, 0.2) is 11.0 Å². The maximum atomic E-state index is 8.78. The molecule has 0 radical (unpaired) electrons. The molecule has 0 saturated heterocycles. The van der Waals surface area contributed by atoms with Crippen LogP contribution in [0.25, 0.3) is 11.4 Å². The van der Waals surface area contributed by atoms with Crippen molar-refractivity contribution in [1.29, 1.82) is 5.26 Å². The summed E-state index contributed by atoms with van der Waals surface area (Å²) in [6.45, 7) is 3.72. The Morgan fingerprint density at radius 2 is 2.29 bits per heavy atom. The van der Waals surface area contributed by atoms with E-state index < -0.39 is 0 Å². The first-order chi connectivity index (χ1) is 8.13.